The van der Waals surface area contributed by atoms with Gasteiger partial charge in [-0.15, -0.1) is 0 Å². The van der Waals surface area contributed by atoms with Crippen LogP contribution in [0.2, 0.25) is 0 Å². The normalized spacial score (nSPS) is 18.7. The van der Waals surface area contributed by atoms with Crippen LogP contribution in [0.25, 0.3) is 10.9 Å². The molecular weight excluding hydrogens is 284 g/mol. The number of anilines is 1. The van der Waals surface area contributed by atoms with Crippen molar-refractivity contribution in [2.75, 3.05) is 18.0 Å². The number of rotatable bonds is 3. The largest absolute Gasteiger partial charge is 0.477 e. The molecule has 4 N–H and O–H groups in total. The fraction of sp³-hybridized carbons (Fsp3) is 0.267. The SMILES string of the molecule is N=C1CN(c2ccc3ccc(C(=O)O)nc3c2)CCC1NO. The molecule has 0 spiro atoms. The van der Waals surface area contributed by atoms with E-state index in [-0.39, 0.29) is 11.7 Å². The highest BCUT2D eigenvalue weighted by Gasteiger charge is 2.23. The van der Waals surface area contributed by atoms with Gasteiger partial charge in [-0.05, 0) is 24.6 Å². The van der Waals surface area contributed by atoms with Crippen LogP contribution in [-0.4, -0.2) is 46.1 Å². The highest BCUT2D eigenvalue weighted by atomic mass is 16.5. The molecule has 1 aromatic carbocycles. The van der Waals surface area contributed by atoms with E-state index in [2.05, 4.69) is 10.5 Å². The molecule has 0 bridgehead atoms. The van der Waals surface area contributed by atoms with Gasteiger partial charge in [-0.3, -0.25) is 0 Å². The van der Waals surface area contributed by atoms with Crippen LogP contribution in [0, 0.1) is 5.41 Å². The molecule has 114 valence electrons. The summed E-state index contributed by atoms with van der Waals surface area (Å²) in [7, 11) is 0. The zero-order valence-corrected chi connectivity index (χ0v) is 11.8. The highest BCUT2D eigenvalue weighted by Crippen LogP contribution is 2.23. The molecule has 2 aromatic rings. The van der Waals surface area contributed by atoms with Crippen LogP contribution >= 0.6 is 0 Å². The number of nitrogens with zero attached hydrogens (tertiary/aromatic N) is 2. The van der Waals surface area contributed by atoms with Gasteiger partial charge in [0.15, 0.2) is 0 Å². The minimum absolute atomic E-state index is 0.0144. The number of pyridine rings is 1. The maximum atomic E-state index is 11.0. The number of aromatic carboxylic acids is 1. The summed E-state index contributed by atoms with van der Waals surface area (Å²) in [5.74, 6) is -1.05. The van der Waals surface area contributed by atoms with E-state index in [4.69, 9.17) is 15.7 Å². The number of benzene rings is 1. The minimum Gasteiger partial charge on any atom is -0.477 e. The number of carbonyl (C=O) groups is 1. The van der Waals surface area contributed by atoms with E-state index < -0.39 is 5.97 Å². The first-order chi connectivity index (χ1) is 10.6. The van der Waals surface area contributed by atoms with E-state index in [1.54, 1.807) is 6.07 Å². The maximum absolute atomic E-state index is 11.0. The van der Waals surface area contributed by atoms with Gasteiger partial charge in [0.05, 0.1) is 18.1 Å². The van der Waals surface area contributed by atoms with Gasteiger partial charge < -0.3 is 20.6 Å². The Labute approximate surface area is 126 Å². The van der Waals surface area contributed by atoms with Crippen LogP contribution in [0.5, 0.6) is 0 Å². The molecule has 1 fully saturated rings. The Morgan fingerprint density at radius 2 is 2.14 bits per heavy atom. The van der Waals surface area contributed by atoms with Crippen molar-refractivity contribution >= 4 is 28.3 Å². The summed E-state index contributed by atoms with van der Waals surface area (Å²) in [5, 5.41) is 26.8. The molecular formula is C15H16N4O3. The fourth-order valence-electron chi connectivity index (χ4n) is 2.64. The van der Waals surface area contributed by atoms with Crippen LogP contribution in [0.1, 0.15) is 16.9 Å². The Morgan fingerprint density at radius 1 is 1.36 bits per heavy atom. The smallest absolute Gasteiger partial charge is 0.354 e. The second kappa shape index (κ2) is 5.70. The van der Waals surface area contributed by atoms with Crippen molar-refractivity contribution in [3.63, 3.8) is 0 Å². The minimum atomic E-state index is -1.05. The average Bonchev–Trinajstić information content (AvgIpc) is 2.53. The summed E-state index contributed by atoms with van der Waals surface area (Å²) in [6.45, 7) is 1.12. The lowest BCUT2D eigenvalue weighted by Gasteiger charge is -2.33. The number of nitrogens with one attached hydrogen (secondary N) is 2. The summed E-state index contributed by atoms with van der Waals surface area (Å²) in [5.41, 5.74) is 4.09. The second-order valence-electron chi connectivity index (χ2n) is 5.30. The van der Waals surface area contributed by atoms with Crippen LogP contribution in [0.15, 0.2) is 30.3 Å². The van der Waals surface area contributed by atoms with Crippen molar-refractivity contribution in [2.45, 2.75) is 12.5 Å². The van der Waals surface area contributed by atoms with Crippen molar-refractivity contribution in [3.8, 4) is 0 Å². The summed E-state index contributed by atoms with van der Waals surface area (Å²) < 4.78 is 0. The Balaban J connectivity index is 1.91. The third kappa shape index (κ3) is 2.63. The summed E-state index contributed by atoms with van der Waals surface area (Å²) >= 11 is 0. The summed E-state index contributed by atoms with van der Waals surface area (Å²) in [6, 6.07) is 8.58. The van der Waals surface area contributed by atoms with E-state index in [0.717, 1.165) is 11.1 Å². The number of hydrogen-bond acceptors (Lipinski definition) is 6. The van der Waals surface area contributed by atoms with Gasteiger partial charge in [0, 0.05) is 23.3 Å². The zero-order valence-electron chi connectivity index (χ0n) is 11.8. The predicted octanol–water partition coefficient (Wildman–Crippen LogP) is 1.51. The first kappa shape index (κ1) is 14.4. The third-order valence-electron chi connectivity index (χ3n) is 3.89. The number of carboxylic acids is 1. The van der Waals surface area contributed by atoms with Crippen LogP contribution in [0.3, 0.4) is 0 Å². The Hall–Kier alpha value is -2.51. The zero-order chi connectivity index (χ0) is 15.7. The Bertz CT molecular complexity index is 747. The van der Waals surface area contributed by atoms with Crippen molar-refractivity contribution in [3.05, 3.63) is 36.0 Å². The van der Waals surface area contributed by atoms with Crippen LogP contribution in [0.4, 0.5) is 5.69 Å². The third-order valence-corrected chi connectivity index (χ3v) is 3.89. The maximum Gasteiger partial charge on any atom is 0.354 e. The quantitative estimate of drug-likeness (QED) is 0.640. The second-order valence-corrected chi connectivity index (χ2v) is 5.30. The number of piperidine rings is 1. The van der Waals surface area contributed by atoms with E-state index in [1.165, 1.54) is 6.07 Å². The number of hydroxylamine groups is 1. The van der Waals surface area contributed by atoms with E-state index in [1.807, 2.05) is 23.1 Å². The summed E-state index contributed by atoms with van der Waals surface area (Å²) in [6.07, 6.45) is 0.635. The van der Waals surface area contributed by atoms with Gasteiger partial charge in [-0.25, -0.2) is 9.78 Å². The number of hydrogen-bond donors (Lipinski definition) is 4. The molecule has 0 aliphatic carbocycles. The van der Waals surface area contributed by atoms with Gasteiger partial charge in [-0.2, -0.15) is 5.48 Å². The number of fused-ring (bicyclic) bond motifs is 1. The van der Waals surface area contributed by atoms with Gasteiger partial charge in [0.2, 0.25) is 0 Å². The van der Waals surface area contributed by atoms with Crippen molar-refractivity contribution in [1.29, 1.82) is 5.41 Å². The lowest BCUT2D eigenvalue weighted by molar-refractivity contribution is 0.0691. The topological polar surface area (TPSA) is 110 Å². The molecule has 1 aromatic heterocycles. The Kier molecular flexibility index (Phi) is 3.74. The lowest BCUT2D eigenvalue weighted by Crippen LogP contribution is -2.48. The molecule has 1 saturated heterocycles. The molecule has 1 unspecified atom stereocenters. The van der Waals surface area contributed by atoms with Crippen LogP contribution < -0.4 is 10.4 Å². The molecule has 0 amide bonds. The van der Waals surface area contributed by atoms with Crippen molar-refractivity contribution in [1.82, 2.24) is 10.5 Å². The van der Waals surface area contributed by atoms with Gasteiger partial charge >= 0.3 is 5.97 Å². The average molecular weight is 300 g/mol. The summed E-state index contributed by atoms with van der Waals surface area (Å²) in [4.78, 5) is 17.2. The molecule has 1 aliphatic rings. The monoisotopic (exact) mass is 300 g/mol. The molecule has 2 heterocycles. The number of carboxylic acid groups (broad SMARTS) is 1. The molecule has 1 aliphatic heterocycles. The fourth-order valence-corrected chi connectivity index (χ4v) is 2.64. The molecule has 7 nitrogen and oxygen atoms in total. The number of aromatic nitrogens is 1. The van der Waals surface area contributed by atoms with Gasteiger partial charge in [-0.1, -0.05) is 12.1 Å². The van der Waals surface area contributed by atoms with Crippen molar-refractivity contribution in [2.24, 2.45) is 0 Å². The molecule has 3 rings (SSSR count). The van der Waals surface area contributed by atoms with Crippen LogP contribution in [-0.2, 0) is 0 Å². The van der Waals surface area contributed by atoms with Crippen molar-refractivity contribution < 1.29 is 15.1 Å². The molecule has 0 saturated carbocycles. The van der Waals surface area contributed by atoms with E-state index in [9.17, 15) is 4.79 Å². The predicted molar refractivity (Wildman–Crippen MR) is 82.0 cm³/mol. The van der Waals surface area contributed by atoms with Gasteiger partial charge in [0.25, 0.3) is 0 Å². The molecule has 22 heavy (non-hydrogen) atoms. The van der Waals surface area contributed by atoms with E-state index in [0.29, 0.717) is 30.7 Å². The first-order valence-corrected chi connectivity index (χ1v) is 6.94. The highest BCUT2D eigenvalue weighted by molar-refractivity contribution is 5.93. The molecule has 0 radical (unpaired) electrons. The lowest BCUT2D eigenvalue weighted by atomic mass is 10.0. The first-order valence-electron chi connectivity index (χ1n) is 6.94. The standard InChI is InChI=1S/C15H16N4O3/c16-11-8-19(6-5-12(11)18-22)10-3-1-9-2-4-13(15(20)21)17-14(9)7-10/h1-4,7,12,16,18,22H,5-6,8H2,(H,20,21). The van der Waals surface area contributed by atoms with Gasteiger partial charge in [0.1, 0.15) is 5.69 Å². The molecule has 1 atom stereocenters. The van der Waals surface area contributed by atoms with E-state index >= 15 is 0 Å². The Morgan fingerprint density at radius 3 is 2.82 bits per heavy atom. The molecule has 7 heteroatoms.